The highest BCUT2D eigenvalue weighted by atomic mass is 19.1. The van der Waals surface area contributed by atoms with E-state index in [0.29, 0.717) is 31.5 Å². The lowest BCUT2D eigenvalue weighted by atomic mass is 10.0. The van der Waals surface area contributed by atoms with Crippen molar-refractivity contribution in [3.63, 3.8) is 0 Å². The summed E-state index contributed by atoms with van der Waals surface area (Å²) in [5, 5.41) is 0.0995. The maximum atomic E-state index is 13.6. The van der Waals surface area contributed by atoms with Gasteiger partial charge in [-0.3, -0.25) is 19.0 Å². The zero-order chi connectivity index (χ0) is 22.8. The predicted octanol–water partition coefficient (Wildman–Crippen LogP) is 2.79. The molecule has 1 aliphatic heterocycles. The van der Waals surface area contributed by atoms with Crippen LogP contribution in [-0.2, 0) is 4.79 Å². The van der Waals surface area contributed by atoms with E-state index in [4.69, 9.17) is 0 Å². The molecule has 0 unspecified atom stereocenters. The van der Waals surface area contributed by atoms with Gasteiger partial charge in [-0.25, -0.2) is 13.6 Å². The molecule has 1 fully saturated rings. The van der Waals surface area contributed by atoms with E-state index in [1.165, 1.54) is 36.4 Å². The number of nitrogens with one attached hydrogen (secondary N) is 1. The molecule has 9 heteroatoms. The first-order valence-corrected chi connectivity index (χ1v) is 10.3. The summed E-state index contributed by atoms with van der Waals surface area (Å²) in [6.07, 6.45) is 0.819. The molecule has 0 aliphatic carbocycles. The fourth-order valence-corrected chi connectivity index (χ4v) is 4.06. The Kier molecular flexibility index (Phi) is 5.98. The Bertz CT molecular complexity index is 1290. The average molecular weight is 441 g/mol. The van der Waals surface area contributed by atoms with E-state index in [1.807, 2.05) is 0 Å². The van der Waals surface area contributed by atoms with Crippen LogP contribution in [0, 0.1) is 11.6 Å². The van der Waals surface area contributed by atoms with E-state index < -0.39 is 28.9 Å². The molecule has 0 spiro atoms. The molecular formula is C23H21F2N3O4. The van der Waals surface area contributed by atoms with Crippen LogP contribution in [0.1, 0.15) is 42.1 Å². The minimum absolute atomic E-state index is 0.0137. The topological polar surface area (TPSA) is 92.2 Å². The molecule has 0 saturated carbocycles. The van der Waals surface area contributed by atoms with Gasteiger partial charge in [0.1, 0.15) is 11.6 Å². The summed E-state index contributed by atoms with van der Waals surface area (Å²) >= 11 is 0. The molecule has 32 heavy (non-hydrogen) atoms. The van der Waals surface area contributed by atoms with Crippen LogP contribution < -0.4 is 11.2 Å². The standard InChI is InChI=1S/C23H21F2N3O4/c24-15-3-1-14(2-4-15)20(29)7-8-21(30)27-11-9-17(10-12-27)28-22(31)18-13-16(25)5-6-19(18)26-23(28)32/h1-6,13,17H,7-12H2,(H,26,32). The SMILES string of the molecule is O=C(CCC(=O)N1CCC(n2c(=O)[nH]c3ccc(F)cc3c2=O)CC1)c1ccc(F)cc1. The molecule has 4 rings (SSSR count). The molecule has 1 saturated heterocycles. The van der Waals surface area contributed by atoms with Crippen LogP contribution in [0.15, 0.2) is 52.1 Å². The van der Waals surface area contributed by atoms with Crippen molar-refractivity contribution in [1.82, 2.24) is 14.5 Å². The number of amides is 1. The van der Waals surface area contributed by atoms with Crippen molar-refractivity contribution in [2.45, 2.75) is 31.7 Å². The Morgan fingerprint density at radius 2 is 1.59 bits per heavy atom. The number of fused-ring (bicyclic) bond motifs is 1. The first kappa shape index (κ1) is 21.6. The van der Waals surface area contributed by atoms with Crippen molar-refractivity contribution in [1.29, 1.82) is 0 Å². The molecule has 7 nitrogen and oxygen atoms in total. The predicted molar refractivity (Wildman–Crippen MR) is 114 cm³/mol. The number of hydrogen-bond acceptors (Lipinski definition) is 4. The number of Topliss-reactive ketones (excluding diaryl/α,β-unsaturated/α-hetero) is 1. The van der Waals surface area contributed by atoms with E-state index >= 15 is 0 Å². The summed E-state index contributed by atoms with van der Waals surface area (Å²) in [6.45, 7) is 0.669. The largest absolute Gasteiger partial charge is 0.343 e. The smallest absolute Gasteiger partial charge is 0.329 e. The van der Waals surface area contributed by atoms with E-state index in [-0.39, 0.29) is 35.4 Å². The number of carbonyl (C=O) groups excluding carboxylic acids is 2. The van der Waals surface area contributed by atoms with E-state index in [0.717, 1.165) is 10.6 Å². The highest BCUT2D eigenvalue weighted by Crippen LogP contribution is 2.21. The van der Waals surface area contributed by atoms with Gasteiger partial charge in [0.2, 0.25) is 5.91 Å². The number of H-pyrrole nitrogens is 1. The van der Waals surface area contributed by atoms with Crippen molar-refractivity contribution in [2.75, 3.05) is 13.1 Å². The van der Waals surface area contributed by atoms with Gasteiger partial charge < -0.3 is 9.88 Å². The number of carbonyl (C=O) groups is 2. The number of halogens is 2. The molecule has 166 valence electrons. The first-order chi connectivity index (χ1) is 15.3. The van der Waals surface area contributed by atoms with Gasteiger partial charge in [-0.2, -0.15) is 0 Å². The zero-order valence-corrected chi connectivity index (χ0v) is 17.1. The molecule has 0 atom stereocenters. The minimum Gasteiger partial charge on any atom is -0.343 e. The molecule has 1 N–H and O–H groups in total. The van der Waals surface area contributed by atoms with Crippen molar-refractivity contribution < 1.29 is 18.4 Å². The van der Waals surface area contributed by atoms with Gasteiger partial charge in [0.25, 0.3) is 5.56 Å². The number of aromatic nitrogens is 2. The van der Waals surface area contributed by atoms with E-state index in [2.05, 4.69) is 4.98 Å². The first-order valence-electron chi connectivity index (χ1n) is 10.3. The van der Waals surface area contributed by atoms with Gasteiger partial charge in [0.15, 0.2) is 5.78 Å². The van der Waals surface area contributed by atoms with Crippen LogP contribution >= 0.6 is 0 Å². The third-order valence-corrected chi connectivity index (χ3v) is 5.81. The second-order valence-corrected chi connectivity index (χ2v) is 7.84. The van der Waals surface area contributed by atoms with Gasteiger partial charge >= 0.3 is 5.69 Å². The number of nitrogens with zero attached hydrogens (tertiary/aromatic N) is 2. The van der Waals surface area contributed by atoms with Crippen LogP contribution in [0.2, 0.25) is 0 Å². The Labute approximate surface area is 181 Å². The van der Waals surface area contributed by atoms with Gasteiger partial charge in [-0.05, 0) is 55.3 Å². The van der Waals surface area contributed by atoms with Gasteiger partial charge in [0, 0.05) is 37.5 Å². The number of ketones is 1. The summed E-state index contributed by atoms with van der Waals surface area (Å²) in [5.41, 5.74) is -0.498. The van der Waals surface area contributed by atoms with Crippen LogP contribution in [0.3, 0.4) is 0 Å². The zero-order valence-electron chi connectivity index (χ0n) is 17.1. The summed E-state index contributed by atoms with van der Waals surface area (Å²) < 4.78 is 27.6. The molecule has 1 aliphatic rings. The lowest BCUT2D eigenvalue weighted by Crippen LogP contribution is -2.45. The lowest BCUT2D eigenvalue weighted by molar-refractivity contribution is -0.132. The highest BCUT2D eigenvalue weighted by Gasteiger charge is 2.26. The number of aromatic amines is 1. The third-order valence-electron chi connectivity index (χ3n) is 5.81. The molecule has 1 aromatic heterocycles. The summed E-state index contributed by atoms with van der Waals surface area (Å²) in [7, 11) is 0. The van der Waals surface area contributed by atoms with Crippen molar-refractivity contribution in [2.24, 2.45) is 0 Å². The van der Waals surface area contributed by atoms with Crippen molar-refractivity contribution in [3.05, 3.63) is 80.5 Å². The Hall–Kier alpha value is -3.62. The molecule has 1 amide bonds. The third kappa shape index (κ3) is 4.37. The maximum Gasteiger partial charge on any atom is 0.329 e. The minimum atomic E-state index is -0.566. The number of hydrogen-bond donors (Lipinski definition) is 1. The highest BCUT2D eigenvalue weighted by molar-refractivity contribution is 5.97. The fourth-order valence-electron chi connectivity index (χ4n) is 4.06. The molecule has 2 heterocycles. The quantitative estimate of drug-likeness (QED) is 0.617. The van der Waals surface area contributed by atoms with Crippen LogP contribution in [0.25, 0.3) is 10.9 Å². The van der Waals surface area contributed by atoms with Gasteiger partial charge in [-0.1, -0.05) is 0 Å². The van der Waals surface area contributed by atoms with E-state index in [9.17, 15) is 28.0 Å². The second-order valence-electron chi connectivity index (χ2n) is 7.84. The number of benzene rings is 2. The van der Waals surface area contributed by atoms with Crippen LogP contribution in [-0.4, -0.2) is 39.2 Å². The Morgan fingerprint density at radius 1 is 0.938 bits per heavy atom. The molecular weight excluding hydrogens is 420 g/mol. The summed E-state index contributed by atoms with van der Waals surface area (Å²) in [6, 6.07) is 8.38. The fraction of sp³-hybridized carbons (Fsp3) is 0.304. The second kappa shape index (κ2) is 8.86. The monoisotopic (exact) mass is 441 g/mol. The average Bonchev–Trinajstić information content (AvgIpc) is 2.79. The number of rotatable bonds is 5. The van der Waals surface area contributed by atoms with Crippen LogP contribution in [0.4, 0.5) is 8.78 Å². The number of piperidine rings is 1. The van der Waals surface area contributed by atoms with Gasteiger partial charge in [-0.15, -0.1) is 0 Å². The van der Waals surface area contributed by atoms with Gasteiger partial charge in [0.05, 0.1) is 10.9 Å². The molecule has 0 radical (unpaired) electrons. The molecule has 2 aromatic carbocycles. The summed E-state index contributed by atoms with van der Waals surface area (Å²) in [4.78, 5) is 54.2. The number of likely N-dealkylation sites (tertiary alicyclic amines) is 1. The lowest BCUT2D eigenvalue weighted by Gasteiger charge is -2.32. The van der Waals surface area contributed by atoms with Crippen LogP contribution in [0.5, 0.6) is 0 Å². The normalized spacial score (nSPS) is 14.6. The molecule has 0 bridgehead atoms. The van der Waals surface area contributed by atoms with Crippen molar-refractivity contribution >= 4 is 22.6 Å². The maximum absolute atomic E-state index is 13.6. The van der Waals surface area contributed by atoms with Crippen molar-refractivity contribution in [3.8, 4) is 0 Å². The van der Waals surface area contributed by atoms with E-state index in [1.54, 1.807) is 4.90 Å². The Morgan fingerprint density at radius 3 is 2.28 bits per heavy atom. The molecule has 3 aromatic rings. The Balaban J connectivity index is 1.39. The summed E-state index contributed by atoms with van der Waals surface area (Å²) in [5.74, 6) is -1.44.